The SMILES string of the molecule is N#Cc1ccc(C[n+]2cccc(C(N)=O)c2)cc1. The minimum atomic E-state index is -0.441. The molecule has 2 aromatic rings. The van der Waals surface area contributed by atoms with Gasteiger partial charge in [-0.3, -0.25) is 4.79 Å². The second-order valence-electron chi connectivity index (χ2n) is 3.94. The molecule has 0 aliphatic carbocycles. The molecule has 1 heterocycles. The van der Waals surface area contributed by atoms with Crippen molar-refractivity contribution in [2.75, 3.05) is 0 Å². The molecule has 0 aliphatic heterocycles. The number of carbonyl (C=O) groups is 1. The molecule has 0 saturated heterocycles. The van der Waals surface area contributed by atoms with Crippen LogP contribution in [0.15, 0.2) is 48.8 Å². The van der Waals surface area contributed by atoms with Gasteiger partial charge in [-0.15, -0.1) is 0 Å². The molecule has 4 nitrogen and oxygen atoms in total. The highest BCUT2D eigenvalue weighted by Crippen LogP contribution is 2.03. The topological polar surface area (TPSA) is 70.8 Å². The molecular formula is C14H12N3O+. The Balaban J connectivity index is 2.20. The fraction of sp³-hybridized carbons (Fsp3) is 0.0714. The number of primary amides is 1. The zero-order valence-electron chi connectivity index (χ0n) is 9.71. The Morgan fingerprint density at radius 2 is 2.00 bits per heavy atom. The van der Waals surface area contributed by atoms with Gasteiger partial charge in [-0.05, 0) is 18.2 Å². The summed E-state index contributed by atoms with van der Waals surface area (Å²) in [6, 6.07) is 12.9. The maximum absolute atomic E-state index is 11.1. The van der Waals surface area contributed by atoms with Gasteiger partial charge in [0, 0.05) is 11.6 Å². The van der Waals surface area contributed by atoms with Crippen molar-refractivity contribution in [1.29, 1.82) is 5.26 Å². The van der Waals surface area contributed by atoms with Gasteiger partial charge in [-0.1, -0.05) is 12.1 Å². The summed E-state index contributed by atoms with van der Waals surface area (Å²) in [5.74, 6) is -0.441. The molecule has 2 rings (SSSR count). The predicted molar refractivity (Wildman–Crippen MR) is 65.4 cm³/mol. The third-order valence-corrected chi connectivity index (χ3v) is 2.59. The first-order valence-electron chi connectivity index (χ1n) is 5.47. The smallest absolute Gasteiger partial charge is 0.254 e. The summed E-state index contributed by atoms with van der Waals surface area (Å²) < 4.78 is 1.88. The van der Waals surface area contributed by atoms with Crippen molar-refractivity contribution in [3.05, 3.63) is 65.5 Å². The number of nitrogens with two attached hydrogens (primary N) is 1. The first kappa shape index (κ1) is 11.8. The van der Waals surface area contributed by atoms with Crippen molar-refractivity contribution in [3.8, 4) is 6.07 Å². The Kier molecular flexibility index (Phi) is 3.35. The summed E-state index contributed by atoms with van der Waals surface area (Å²) in [6.07, 6.45) is 3.57. The van der Waals surface area contributed by atoms with Gasteiger partial charge in [-0.2, -0.15) is 9.83 Å². The number of pyridine rings is 1. The van der Waals surface area contributed by atoms with E-state index < -0.39 is 5.91 Å². The van der Waals surface area contributed by atoms with Crippen LogP contribution in [-0.2, 0) is 6.54 Å². The second-order valence-corrected chi connectivity index (χ2v) is 3.94. The maximum Gasteiger partial charge on any atom is 0.254 e. The Hall–Kier alpha value is -2.67. The molecule has 0 spiro atoms. The van der Waals surface area contributed by atoms with Crippen molar-refractivity contribution in [2.24, 2.45) is 5.73 Å². The average molecular weight is 238 g/mol. The summed E-state index contributed by atoms with van der Waals surface area (Å²) in [4.78, 5) is 11.1. The Morgan fingerprint density at radius 1 is 1.28 bits per heavy atom. The van der Waals surface area contributed by atoms with E-state index in [1.54, 1.807) is 30.5 Å². The number of carbonyl (C=O) groups excluding carboxylic acids is 1. The van der Waals surface area contributed by atoms with Crippen LogP contribution in [-0.4, -0.2) is 5.91 Å². The highest BCUT2D eigenvalue weighted by molar-refractivity contribution is 5.92. The number of nitriles is 1. The molecule has 0 fully saturated rings. The highest BCUT2D eigenvalue weighted by atomic mass is 16.1. The third-order valence-electron chi connectivity index (χ3n) is 2.59. The van der Waals surface area contributed by atoms with Crippen LogP contribution in [0.5, 0.6) is 0 Å². The summed E-state index contributed by atoms with van der Waals surface area (Å²) >= 11 is 0. The molecule has 1 aromatic carbocycles. The van der Waals surface area contributed by atoms with Crippen LogP contribution >= 0.6 is 0 Å². The first-order chi connectivity index (χ1) is 8.69. The number of aromatic nitrogens is 1. The van der Waals surface area contributed by atoms with E-state index in [1.807, 2.05) is 22.9 Å². The molecule has 0 aliphatic rings. The number of rotatable bonds is 3. The monoisotopic (exact) mass is 238 g/mol. The van der Waals surface area contributed by atoms with Crippen molar-refractivity contribution < 1.29 is 9.36 Å². The molecule has 0 radical (unpaired) electrons. The van der Waals surface area contributed by atoms with Gasteiger partial charge in [0.2, 0.25) is 0 Å². The van der Waals surface area contributed by atoms with E-state index >= 15 is 0 Å². The lowest BCUT2D eigenvalue weighted by atomic mass is 10.1. The summed E-state index contributed by atoms with van der Waals surface area (Å²) in [7, 11) is 0. The molecule has 0 saturated carbocycles. The van der Waals surface area contributed by atoms with Gasteiger partial charge in [0.15, 0.2) is 18.9 Å². The molecular weight excluding hydrogens is 226 g/mol. The molecule has 0 atom stereocenters. The van der Waals surface area contributed by atoms with Crippen LogP contribution in [0.2, 0.25) is 0 Å². The normalized spacial score (nSPS) is 9.72. The number of nitrogens with zero attached hydrogens (tertiary/aromatic N) is 2. The number of hydrogen-bond donors (Lipinski definition) is 1. The van der Waals surface area contributed by atoms with E-state index in [2.05, 4.69) is 6.07 Å². The Labute approximate surface area is 105 Å². The number of hydrogen-bond acceptors (Lipinski definition) is 2. The van der Waals surface area contributed by atoms with Crippen molar-refractivity contribution in [3.63, 3.8) is 0 Å². The van der Waals surface area contributed by atoms with E-state index in [-0.39, 0.29) is 0 Å². The lowest BCUT2D eigenvalue weighted by Gasteiger charge is -1.99. The Morgan fingerprint density at radius 3 is 2.61 bits per heavy atom. The van der Waals surface area contributed by atoms with E-state index in [9.17, 15) is 4.79 Å². The highest BCUT2D eigenvalue weighted by Gasteiger charge is 2.07. The van der Waals surface area contributed by atoms with E-state index in [0.717, 1.165) is 5.56 Å². The Bertz CT molecular complexity index is 612. The minimum absolute atomic E-state index is 0.441. The molecule has 4 heteroatoms. The maximum atomic E-state index is 11.1. The van der Waals surface area contributed by atoms with Crippen LogP contribution in [0.3, 0.4) is 0 Å². The molecule has 1 aromatic heterocycles. The van der Waals surface area contributed by atoms with Crippen LogP contribution in [0.25, 0.3) is 0 Å². The van der Waals surface area contributed by atoms with Crippen molar-refractivity contribution >= 4 is 5.91 Å². The summed E-state index contributed by atoms with van der Waals surface area (Å²) in [5.41, 5.74) is 7.39. The largest absolute Gasteiger partial charge is 0.365 e. The zero-order valence-corrected chi connectivity index (χ0v) is 9.71. The first-order valence-corrected chi connectivity index (χ1v) is 5.47. The lowest BCUT2D eigenvalue weighted by molar-refractivity contribution is -0.688. The summed E-state index contributed by atoms with van der Waals surface area (Å²) in [6.45, 7) is 0.632. The van der Waals surface area contributed by atoms with Crippen LogP contribution in [0, 0.1) is 11.3 Å². The van der Waals surface area contributed by atoms with E-state index in [1.165, 1.54) is 0 Å². The molecule has 0 bridgehead atoms. The van der Waals surface area contributed by atoms with Crippen LogP contribution in [0.1, 0.15) is 21.5 Å². The number of benzene rings is 1. The summed E-state index contributed by atoms with van der Waals surface area (Å²) in [5, 5.41) is 8.71. The molecule has 1 amide bonds. The molecule has 0 unspecified atom stereocenters. The van der Waals surface area contributed by atoms with Gasteiger partial charge in [0.05, 0.1) is 11.6 Å². The lowest BCUT2D eigenvalue weighted by Crippen LogP contribution is -2.35. The van der Waals surface area contributed by atoms with Gasteiger partial charge < -0.3 is 5.73 Å². The predicted octanol–water partition coefficient (Wildman–Crippen LogP) is 0.993. The average Bonchev–Trinajstić information content (AvgIpc) is 2.40. The van der Waals surface area contributed by atoms with Crippen LogP contribution < -0.4 is 10.3 Å². The fourth-order valence-corrected chi connectivity index (χ4v) is 1.66. The van der Waals surface area contributed by atoms with Gasteiger partial charge in [-0.25, -0.2) is 0 Å². The van der Waals surface area contributed by atoms with Gasteiger partial charge in [0.1, 0.15) is 5.56 Å². The van der Waals surface area contributed by atoms with E-state index in [0.29, 0.717) is 17.7 Å². The third kappa shape index (κ3) is 2.71. The van der Waals surface area contributed by atoms with Crippen LogP contribution in [0.4, 0.5) is 0 Å². The quantitative estimate of drug-likeness (QED) is 0.810. The number of amides is 1. The van der Waals surface area contributed by atoms with Crippen molar-refractivity contribution in [1.82, 2.24) is 0 Å². The van der Waals surface area contributed by atoms with Crippen molar-refractivity contribution in [2.45, 2.75) is 6.54 Å². The molecule has 18 heavy (non-hydrogen) atoms. The van der Waals surface area contributed by atoms with E-state index in [4.69, 9.17) is 11.0 Å². The minimum Gasteiger partial charge on any atom is -0.365 e. The van der Waals surface area contributed by atoms with Gasteiger partial charge >= 0.3 is 0 Å². The fourth-order valence-electron chi connectivity index (χ4n) is 1.66. The molecule has 88 valence electrons. The second kappa shape index (κ2) is 5.11. The standard InChI is InChI=1S/C14H11N3O/c15-8-11-3-5-12(6-4-11)9-17-7-1-2-13(10-17)14(16)18/h1-7,10H,9H2,(H-,16,18)/p+1. The molecule has 2 N–H and O–H groups in total. The van der Waals surface area contributed by atoms with Gasteiger partial charge in [0.25, 0.3) is 5.91 Å². The zero-order chi connectivity index (χ0) is 13.0.